The zero-order chi connectivity index (χ0) is 14.0. The number of aromatic nitrogens is 1. The summed E-state index contributed by atoms with van der Waals surface area (Å²) in [4.78, 5) is 11.9. The van der Waals surface area contributed by atoms with Crippen molar-refractivity contribution in [2.24, 2.45) is 7.05 Å². The SMILES string of the molecule is Cn1cc(N)cc1C(=O)OCc1cccc(Cl)c1Cl. The van der Waals surface area contributed by atoms with E-state index in [9.17, 15) is 4.79 Å². The van der Waals surface area contributed by atoms with Crippen molar-refractivity contribution in [3.63, 3.8) is 0 Å². The second-order valence-corrected chi connectivity index (χ2v) is 4.84. The molecule has 0 aliphatic carbocycles. The van der Waals surface area contributed by atoms with Crippen molar-refractivity contribution >= 4 is 34.9 Å². The van der Waals surface area contributed by atoms with Gasteiger partial charge in [-0.3, -0.25) is 0 Å². The van der Waals surface area contributed by atoms with Crippen molar-refractivity contribution < 1.29 is 9.53 Å². The van der Waals surface area contributed by atoms with Crippen molar-refractivity contribution in [1.29, 1.82) is 0 Å². The number of halogens is 2. The number of nitrogens with two attached hydrogens (primary N) is 1. The smallest absolute Gasteiger partial charge is 0.355 e. The molecule has 0 saturated heterocycles. The summed E-state index contributed by atoms with van der Waals surface area (Å²) in [7, 11) is 1.72. The number of benzene rings is 1. The van der Waals surface area contributed by atoms with Gasteiger partial charge in [0.1, 0.15) is 12.3 Å². The maximum absolute atomic E-state index is 11.9. The zero-order valence-electron chi connectivity index (χ0n) is 10.2. The van der Waals surface area contributed by atoms with Crippen LogP contribution in [0.3, 0.4) is 0 Å². The van der Waals surface area contributed by atoms with Crippen LogP contribution in [0.4, 0.5) is 5.69 Å². The Morgan fingerprint density at radius 2 is 2.16 bits per heavy atom. The van der Waals surface area contributed by atoms with Gasteiger partial charge in [-0.05, 0) is 12.1 Å². The molecule has 1 aromatic heterocycles. The van der Waals surface area contributed by atoms with Gasteiger partial charge in [-0.15, -0.1) is 0 Å². The number of nitrogens with zero attached hydrogens (tertiary/aromatic N) is 1. The highest BCUT2D eigenvalue weighted by Gasteiger charge is 2.13. The molecule has 0 amide bonds. The maximum atomic E-state index is 11.9. The van der Waals surface area contributed by atoms with Crippen LogP contribution in [-0.2, 0) is 18.4 Å². The molecule has 2 N–H and O–H groups in total. The lowest BCUT2D eigenvalue weighted by Crippen LogP contribution is -2.09. The van der Waals surface area contributed by atoms with Crippen molar-refractivity contribution in [3.05, 3.63) is 51.8 Å². The average Bonchev–Trinajstić information content (AvgIpc) is 2.70. The van der Waals surface area contributed by atoms with Crippen LogP contribution in [0.15, 0.2) is 30.5 Å². The fourth-order valence-corrected chi connectivity index (χ4v) is 2.04. The number of ether oxygens (including phenoxy) is 1. The topological polar surface area (TPSA) is 57.2 Å². The highest BCUT2D eigenvalue weighted by atomic mass is 35.5. The molecule has 0 unspecified atom stereocenters. The summed E-state index contributed by atoms with van der Waals surface area (Å²) in [6, 6.07) is 6.73. The van der Waals surface area contributed by atoms with E-state index >= 15 is 0 Å². The van der Waals surface area contributed by atoms with Crippen LogP contribution in [0.1, 0.15) is 16.1 Å². The summed E-state index contributed by atoms with van der Waals surface area (Å²) in [5, 5.41) is 0.821. The Labute approximate surface area is 120 Å². The van der Waals surface area contributed by atoms with Gasteiger partial charge in [0.15, 0.2) is 0 Å². The molecular formula is C13H12Cl2N2O2. The van der Waals surface area contributed by atoms with E-state index in [2.05, 4.69) is 0 Å². The Balaban J connectivity index is 2.09. The third kappa shape index (κ3) is 3.03. The van der Waals surface area contributed by atoms with Crippen LogP contribution in [0.2, 0.25) is 10.0 Å². The molecule has 100 valence electrons. The minimum Gasteiger partial charge on any atom is -0.456 e. The largest absolute Gasteiger partial charge is 0.456 e. The van der Waals surface area contributed by atoms with Gasteiger partial charge < -0.3 is 15.0 Å². The van der Waals surface area contributed by atoms with Crippen LogP contribution >= 0.6 is 23.2 Å². The quantitative estimate of drug-likeness (QED) is 0.885. The first-order valence-corrected chi connectivity index (χ1v) is 6.26. The lowest BCUT2D eigenvalue weighted by Gasteiger charge is -2.07. The van der Waals surface area contributed by atoms with E-state index in [0.29, 0.717) is 27.0 Å². The average molecular weight is 299 g/mol. The summed E-state index contributed by atoms with van der Waals surface area (Å²) in [5.74, 6) is -0.463. The molecule has 0 radical (unpaired) electrons. The summed E-state index contributed by atoms with van der Waals surface area (Å²) >= 11 is 11.9. The van der Waals surface area contributed by atoms with Gasteiger partial charge in [-0.1, -0.05) is 35.3 Å². The first-order valence-electron chi connectivity index (χ1n) is 5.51. The molecule has 4 nitrogen and oxygen atoms in total. The number of rotatable bonds is 3. The number of hydrogen-bond donors (Lipinski definition) is 1. The molecule has 0 aliphatic rings. The molecule has 19 heavy (non-hydrogen) atoms. The zero-order valence-corrected chi connectivity index (χ0v) is 11.7. The number of aryl methyl sites for hydroxylation is 1. The predicted molar refractivity (Wildman–Crippen MR) is 75.4 cm³/mol. The van der Waals surface area contributed by atoms with Gasteiger partial charge in [0, 0.05) is 18.8 Å². The monoisotopic (exact) mass is 298 g/mol. The van der Waals surface area contributed by atoms with Crippen molar-refractivity contribution in [2.75, 3.05) is 5.73 Å². The fourth-order valence-electron chi connectivity index (χ4n) is 1.67. The van der Waals surface area contributed by atoms with Crippen molar-refractivity contribution in [2.45, 2.75) is 6.61 Å². The molecular weight excluding hydrogens is 287 g/mol. The lowest BCUT2D eigenvalue weighted by molar-refractivity contribution is 0.0461. The molecule has 0 bridgehead atoms. The summed E-state index contributed by atoms with van der Waals surface area (Å²) < 4.78 is 6.79. The lowest BCUT2D eigenvalue weighted by atomic mass is 10.2. The van der Waals surface area contributed by atoms with E-state index in [0.717, 1.165) is 0 Å². The second-order valence-electron chi connectivity index (χ2n) is 4.06. The van der Waals surface area contributed by atoms with Crippen molar-refractivity contribution in [3.8, 4) is 0 Å². The molecule has 2 rings (SSSR count). The van der Waals surface area contributed by atoms with Crippen molar-refractivity contribution in [1.82, 2.24) is 4.57 Å². The van der Waals surface area contributed by atoms with E-state index in [1.165, 1.54) is 0 Å². The Kier molecular flexibility index (Phi) is 4.02. The molecule has 0 fully saturated rings. The molecule has 2 aromatic rings. The van der Waals surface area contributed by atoms with Gasteiger partial charge in [0.05, 0.1) is 15.7 Å². The number of esters is 1. The Bertz CT molecular complexity index is 623. The molecule has 1 aromatic carbocycles. The fraction of sp³-hybridized carbons (Fsp3) is 0.154. The first kappa shape index (κ1) is 13.8. The molecule has 0 atom stereocenters. The summed E-state index contributed by atoms with van der Waals surface area (Å²) in [6.07, 6.45) is 1.64. The molecule has 0 spiro atoms. The third-order valence-electron chi connectivity index (χ3n) is 2.63. The summed E-state index contributed by atoms with van der Waals surface area (Å²) in [5.41, 5.74) is 7.15. The number of carbonyl (C=O) groups excluding carboxylic acids is 1. The standard InChI is InChI=1S/C13H12Cl2N2O2/c1-17-6-9(16)5-11(17)13(18)19-7-8-3-2-4-10(14)12(8)15/h2-6H,7,16H2,1H3. The number of nitrogen functional groups attached to an aromatic ring is 1. The van der Waals surface area contributed by atoms with E-state index in [-0.39, 0.29) is 6.61 Å². The molecule has 0 saturated carbocycles. The Hall–Kier alpha value is -1.65. The van der Waals surface area contributed by atoms with Crippen LogP contribution in [-0.4, -0.2) is 10.5 Å². The van der Waals surface area contributed by atoms with Crippen LogP contribution in [0, 0.1) is 0 Å². The van der Waals surface area contributed by atoms with E-state index in [1.54, 1.807) is 42.1 Å². The minimum absolute atomic E-state index is 0.0588. The molecule has 6 heteroatoms. The number of carbonyl (C=O) groups is 1. The minimum atomic E-state index is -0.463. The Morgan fingerprint density at radius 3 is 2.79 bits per heavy atom. The number of anilines is 1. The summed E-state index contributed by atoms with van der Waals surface area (Å²) in [6.45, 7) is 0.0588. The Morgan fingerprint density at radius 1 is 1.42 bits per heavy atom. The molecule has 0 aliphatic heterocycles. The van der Waals surface area contributed by atoms with Crippen LogP contribution in [0.5, 0.6) is 0 Å². The van der Waals surface area contributed by atoms with E-state index < -0.39 is 5.97 Å². The van der Waals surface area contributed by atoms with E-state index in [1.807, 2.05) is 0 Å². The van der Waals surface area contributed by atoms with Gasteiger partial charge in [0.2, 0.25) is 0 Å². The third-order valence-corrected chi connectivity index (χ3v) is 3.48. The van der Waals surface area contributed by atoms with Gasteiger partial charge in [-0.2, -0.15) is 0 Å². The van der Waals surface area contributed by atoms with Crippen LogP contribution in [0.25, 0.3) is 0 Å². The highest BCUT2D eigenvalue weighted by Crippen LogP contribution is 2.26. The predicted octanol–water partition coefficient (Wildman–Crippen LogP) is 3.27. The van der Waals surface area contributed by atoms with Gasteiger partial charge in [-0.25, -0.2) is 4.79 Å². The molecule has 1 heterocycles. The first-order chi connectivity index (χ1) is 8.99. The van der Waals surface area contributed by atoms with Gasteiger partial charge >= 0.3 is 5.97 Å². The van der Waals surface area contributed by atoms with Gasteiger partial charge in [0.25, 0.3) is 0 Å². The van der Waals surface area contributed by atoms with Crippen LogP contribution < -0.4 is 5.73 Å². The highest BCUT2D eigenvalue weighted by molar-refractivity contribution is 6.42. The van der Waals surface area contributed by atoms with E-state index in [4.69, 9.17) is 33.7 Å². The second kappa shape index (κ2) is 5.55. The normalized spacial score (nSPS) is 10.5. The number of hydrogen-bond acceptors (Lipinski definition) is 3. The maximum Gasteiger partial charge on any atom is 0.355 e.